The van der Waals surface area contributed by atoms with Crippen molar-refractivity contribution in [2.45, 2.75) is 6.92 Å². The fourth-order valence-corrected chi connectivity index (χ4v) is 3.17. The van der Waals surface area contributed by atoms with E-state index >= 15 is 0 Å². The van der Waals surface area contributed by atoms with Gasteiger partial charge in [0.25, 0.3) is 11.8 Å². The van der Waals surface area contributed by atoms with Crippen molar-refractivity contribution in [2.75, 3.05) is 16.8 Å². The van der Waals surface area contributed by atoms with Gasteiger partial charge in [-0.15, -0.1) is 0 Å². The maximum atomic E-state index is 12.5. The third kappa shape index (κ3) is 2.06. The molecule has 0 bridgehead atoms. The van der Waals surface area contributed by atoms with Gasteiger partial charge in [-0.05, 0) is 37.3 Å². The Balaban J connectivity index is 1.81. The van der Waals surface area contributed by atoms with E-state index in [0.29, 0.717) is 23.4 Å². The lowest BCUT2D eigenvalue weighted by Crippen LogP contribution is -2.25. The van der Waals surface area contributed by atoms with E-state index in [2.05, 4.69) is 10.3 Å². The van der Waals surface area contributed by atoms with Gasteiger partial charge >= 0.3 is 0 Å². The van der Waals surface area contributed by atoms with Crippen LogP contribution in [-0.4, -0.2) is 23.3 Å². The van der Waals surface area contributed by atoms with E-state index in [1.807, 2.05) is 25.1 Å². The van der Waals surface area contributed by atoms with Crippen molar-refractivity contribution in [1.29, 1.82) is 0 Å². The van der Waals surface area contributed by atoms with Crippen LogP contribution in [-0.2, 0) is 0 Å². The van der Waals surface area contributed by atoms with Crippen molar-refractivity contribution in [1.82, 2.24) is 4.98 Å². The van der Waals surface area contributed by atoms with Crippen LogP contribution in [0.25, 0.3) is 10.8 Å². The van der Waals surface area contributed by atoms with Gasteiger partial charge in [-0.3, -0.25) is 14.6 Å². The number of nitrogens with zero attached hydrogens (tertiary/aromatic N) is 2. The smallest absolute Gasteiger partial charge is 0.258 e. The van der Waals surface area contributed by atoms with Crippen LogP contribution in [0.3, 0.4) is 0 Å². The topological polar surface area (TPSA) is 62.3 Å². The van der Waals surface area contributed by atoms with E-state index in [0.717, 1.165) is 16.5 Å². The molecule has 24 heavy (non-hydrogen) atoms. The molecule has 118 valence electrons. The first-order valence-electron chi connectivity index (χ1n) is 7.79. The minimum absolute atomic E-state index is 0.00992. The van der Waals surface area contributed by atoms with Crippen LogP contribution >= 0.6 is 0 Å². The molecule has 0 atom stereocenters. The molecule has 0 unspecified atom stereocenters. The number of benzene rings is 2. The number of nitrogens with one attached hydrogen (secondary N) is 1. The Morgan fingerprint density at radius 2 is 1.92 bits per heavy atom. The molecule has 1 aromatic heterocycles. The number of pyridine rings is 1. The zero-order valence-corrected chi connectivity index (χ0v) is 13.1. The minimum Gasteiger partial charge on any atom is -0.321 e. The molecule has 3 aromatic rings. The number of carbonyl (C=O) groups excluding carboxylic acids is 2. The molecule has 4 rings (SSSR count). The Labute approximate surface area is 138 Å². The Morgan fingerprint density at radius 3 is 2.67 bits per heavy atom. The van der Waals surface area contributed by atoms with Gasteiger partial charge in [-0.2, -0.15) is 0 Å². The Bertz CT molecular complexity index is 967. The molecule has 2 aromatic carbocycles. The number of rotatable bonds is 3. The van der Waals surface area contributed by atoms with Crippen molar-refractivity contribution in [3.8, 4) is 0 Å². The SMILES string of the molecule is CCN1C(=O)c2ccc(NC(=O)c3ccncc3)c3cccc1c23. The summed E-state index contributed by atoms with van der Waals surface area (Å²) in [5.74, 6) is -0.189. The second kappa shape index (κ2) is 5.45. The highest BCUT2D eigenvalue weighted by molar-refractivity contribution is 6.27. The van der Waals surface area contributed by atoms with Crippen LogP contribution in [0.1, 0.15) is 27.6 Å². The predicted molar refractivity (Wildman–Crippen MR) is 93.5 cm³/mol. The molecule has 5 heteroatoms. The summed E-state index contributed by atoms with van der Waals surface area (Å²) in [5.41, 5.74) is 2.82. The lowest BCUT2D eigenvalue weighted by molar-refractivity contribution is 0.0993. The monoisotopic (exact) mass is 317 g/mol. The summed E-state index contributed by atoms with van der Waals surface area (Å²) in [6.07, 6.45) is 3.17. The standard InChI is InChI=1S/C19H15N3O2/c1-2-22-16-5-3-4-13-15(7-6-14(17(13)16)19(22)24)21-18(23)12-8-10-20-11-9-12/h3-11H,2H2,1H3,(H,21,23). The third-order valence-corrected chi connectivity index (χ3v) is 4.29. The predicted octanol–water partition coefficient (Wildman–Crippen LogP) is 3.47. The van der Waals surface area contributed by atoms with Crippen molar-refractivity contribution >= 4 is 34.0 Å². The number of anilines is 2. The molecular weight excluding hydrogens is 302 g/mol. The maximum Gasteiger partial charge on any atom is 0.258 e. The Morgan fingerprint density at radius 1 is 1.12 bits per heavy atom. The van der Waals surface area contributed by atoms with E-state index in [9.17, 15) is 9.59 Å². The first kappa shape index (κ1) is 14.4. The van der Waals surface area contributed by atoms with Gasteiger partial charge in [0.05, 0.1) is 5.69 Å². The largest absolute Gasteiger partial charge is 0.321 e. The number of hydrogen-bond acceptors (Lipinski definition) is 3. The molecule has 0 saturated heterocycles. The summed E-state index contributed by atoms with van der Waals surface area (Å²) in [5, 5.41) is 4.71. The van der Waals surface area contributed by atoms with Crippen LogP contribution in [0.4, 0.5) is 11.4 Å². The molecule has 0 fully saturated rings. The van der Waals surface area contributed by atoms with Crippen LogP contribution in [0, 0.1) is 0 Å². The summed E-state index contributed by atoms with van der Waals surface area (Å²) in [6.45, 7) is 2.57. The zero-order valence-electron chi connectivity index (χ0n) is 13.1. The van der Waals surface area contributed by atoms with Gasteiger partial charge in [0.1, 0.15) is 0 Å². The summed E-state index contributed by atoms with van der Waals surface area (Å²) in [4.78, 5) is 30.6. The third-order valence-electron chi connectivity index (χ3n) is 4.29. The molecule has 2 heterocycles. The molecule has 0 radical (unpaired) electrons. The summed E-state index contributed by atoms with van der Waals surface area (Å²) < 4.78 is 0. The van der Waals surface area contributed by atoms with Gasteiger partial charge in [0, 0.05) is 46.5 Å². The number of hydrogen-bond donors (Lipinski definition) is 1. The van der Waals surface area contributed by atoms with Gasteiger partial charge in [0.15, 0.2) is 0 Å². The quantitative estimate of drug-likeness (QED) is 0.804. The molecule has 1 aliphatic heterocycles. The lowest BCUT2D eigenvalue weighted by Gasteiger charge is -2.14. The Kier molecular flexibility index (Phi) is 3.27. The van der Waals surface area contributed by atoms with E-state index in [1.54, 1.807) is 41.6 Å². The number of aromatic nitrogens is 1. The van der Waals surface area contributed by atoms with E-state index in [4.69, 9.17) is 0 Å². The molecule has 1 aliphatic rings. The highest BCUT2D eigenvalue weighted by atomic mass is 16.2. The van der Waals surface area contributed by atoms with Crippen LogP contribution in [0.5, 0.6) is 0 Å². The molecule has 0 saturated carbocycles. The van der Waals surface area contributed by atoms with Gasteiger partial charge in [0.2, 0.25) is 0 Å². The average molecular weight is 317 g/mol. The summed E-state index contributed by atoms with van der Waals surface area (Å²) >= 11 is 0. The first-order chi connectivity index (χ1) is 11.7. The second-order valence-corrected chi connectivity index (χ2v) is 5.60. The molecule has 1 N–H and O–H groups in total. The Hall–Kier alpha value is -3.21. The van der Waals surface area contributed by atoms with Gasteiger partial charge < -0.3 is 10.2 Å². The summed E-state index contributed by atoms with van der Waals surface area (Å²) in [6, 6.07) is 12.7. The normalized spacial score (nSPS) is 12.7. The van der Waals surface area contributed by atoms with Crippen molar-refractivity contribution < 1.29 is 9.59 Å². The van der Waals surface area contributed by atoms with E-state index in [1.165, 1.54) is 0 Å². The minimum atomic E-state index is -0.199. The van der Waals surface area contributed by atoms with Crippen molar-refractivity contribution in [3.05, 3.63) is 66.0 Å². The average Bonchev–Trinajstić information content (AvgIpc) is 2.90. The molecule has 0 aliphatic carbocycles. The maximum absolute atomic E-state index is 12.5. The lowest BCUT2D eigenvalue weighted by atomic mass is 10.0. The fourth-order valence-electron chi connectivity index (χ4n) is 3.17. The van der Waals surface area contributed by atoms with Crippen LogP contribution in [0.2, 0.25) is 0 Å². The zero-order chi connectivity index (χ0) is 16.7. The highest BCUT2D eigenvalue weighted by Gasteiger charge is 2.29. The fraction of sp³-hybridized carbons (Fsp3) is 0.105. The second-order valence-electron chi connectivity index (χ2n) is 5.60. The van der Waals surface area contributed by atoms with Gasteiger partial charge in [-0.1, -0.05) is 12.1 Å². The van der Waals surface area contributed by atoms with Crippen molar-refractivity contribution in [3.63, 3.8) is 0 Å². The van der Waals surface area contributed by atoms with Crippen molar-refractivity contribution in [2.24, 2.45) is 0 Å². The van der Waals surface area contributed by atoms with Gasteiger partial charge in [-0.25, -0.2) is 0 Å². The highest BCUT2D eigenvalue weighted by Crippen LogP contribution is 2.40. The number of amides is 2. The molecule has 2 amide bonds. The molecular formula is C19H15N3O2. The molecule has 5 nitrogen and oxygen atoms in total. The number of carbonyl (C=O) groups is 2. The van der Waals surface area contributed by atoms with E-state index in [-0.39, 0.29) is 11.8 Å². The van der Waals surface area contributed by atoms with Crippen LogP contribution < -0.4 is 10.2 Å². The summed E-state index contributed by atoms with van der Waals surface area (Å²) in [7, 11) is 0. The molecule has 0 spiro atoms. The van der Waals surface area contributed by atoms with Crippen LogP contribution in [0.15, 0.2) is 54.9 Å². The first-order valence-corrected chi connectivity index (χ1v) is 7.79. The van der Waals surface area contributed by atoms with E-state index < -0.39 is 0 Å².